The van der Waals surface area contributed by atoms with Gasteiger partial charge in [-0.3, -0.25) is 0 Å². The largest absolute Gasteiger partial charge is 3.00 e. The van der Waals surface area contributed by atoms with Crippen molar-refractivity contribution in [3.63, 3.8) is 0 Å². The summed E-state index contributed by atoms with van der Waals surface area (Å²) in [7, 11) is -4.94. The van der Waals surface area contributed by atoms with E-state index < -0.39 is 10.2 Å². The first-order valence-corrected chi connectivity index (χ1v) is 11.5. The number of hydrogen-bond acceptors (Lipinski definition) is 12. The minimum absolute atomic E-state index is 0. The van der Waals surface area contributed by atoms with Crippen LogP contribution in [0.5, 0.6) is 0 Å². The van der Waals surface area contributed by atoms with Gasteiger partial charge in [0.25, 0.3) is 0 Å². The van der Waals surface area contributed by atoms with E-state index in [0.717, 1.165) is 105 Å². The van der Waals surface area contributed by atoms with Crippen LogP contribution >= 0.6 is 0 Å². The van der Waals surface area contributed by atoms with Gasteiger partial charge in [-0.15, -0.1) is 10.2 Å². The Bertz CT molecular complexity index is 238. The third-order valence-corrected chi connectivity index (χ3v) is 3.83. The third kappa shape index (κ3) is 61.2. The molecule has 0 aromatic heterocycles. The molecular weight excluding hydrogens is 616 g/mol. The number of rotatable bonds is 0. The standard InChI is InChI=1S/2C8H20N4.ClHO4.2ClH.2Mn.2O/c2*1-2-10-5-6-12-8-7-11-4-3-9-1;2-1(3,4)5;;;;;;/h2*9-12H,1-8H2;(H,2,3,4,5);2*1H;;;;/q;;;;;;+3;2*-2/p-3. The topological polar surface area (TPSA) is 245 Å². The summed E-state index contributed by atoms with van der Waals surface area (Å²) in [6, 6.07) is 0. The Kier molecular flexibility index (Phi) is 63.9. The van der Waals surface area contributed by atoms with E-state index in [1.807, 2.05) is 0 Å². The average Bonchev–Trinajstić information content (AvgIpc) is 2.62. The maximum Gasteiger partial charge on any atom is 3.00 e. The van der Waals surface area contributed by atoms with Gasteiger partial charge in [0.15, 0.2) is 0 Å². The second kappa shape index (κ2) is 42.4. The van der Waals surface area contributed by atoms with Gasteiger partial charge in [0, 0.05) is 122 Å². The van der Waals surface area contributed by atoms with Gasteiger partial charge in [-0.2, -0.15) is 0 Å². The summed E-state index contributed by atoms with van der Waals surface area (Å²) in [5.74, 6) is 0. The quantitative estimate of drug-likeness (QED) is 0.113. The van der Waals surface area contributed by atoms with Crippen molar-refractivity contribution >= 4 is 0 Å². The maximum absolute atomic E-state index is 8.49. The summed E-state index contributed by atoms with van der Waals surface area (Å²) in [5, 5.41) is 26.9. The van der Waals surface area contributed by atoms with Crippen LogP contribution in [0.3, 0.4) is 0 Å². The molecule has 2 fully saturated rings. The molecule has 2 aliphatic heterocycles. The minimum atomic E-state index is -4.94. The van der Waals surface area contributed by atoms with E-state index in [2.05, 4.69) is 42.5 Å². The second-order valence-electron chi connectivity index (χ2n) is 6.38. The van der Waals surface area contributed by atoms with Gasteiger partial charge >= 0.3 is 17.1 Å². The van der Waals surface area contributed by atoms with Crippen LogP contribution in [0.2, 0.25) is 0 Å². The van der Waals surface area contributed by atoms with Crippen molar-refractivity contribution in [1.29, 1.82) is 0 Å². The van der Waals surface area contributed by atoms with Crippen LogP contribution in [-0.2, 0) is 45.1 Å². The van der Waals surface area contributed by atoms with Crippen LogP contribution < -0.4 is 86.0 Å². The van der Waals surface area contributed by atoms with Crippen molar-refractivity contribution in [3.8, 4) is 0 Å². The normalized spacial score (nSPS) is 18.2. The molecule has 0 atom stereocenters. The van der Waals surface area contributed by atoms with Crippen molar-refractivity contribution in [2.24, 2.45) is 0 Å². The van der Waals surface area contributed by atoms with Crippen LogP contribution in [0.15, 0.2) is 0 Å². The molecule has 0 amide bonds. The van der Waals surface area contributed by atoms with E-state index in [-0.39, 0.29) is 69.9 Å². The summed E-state index contributed by atoms with van der Waals surface area (Å²) >= 11 is 0. The molecule has 2 heterocycles. The van der Waals surface area contributed by atoms with Crippen LogP contribution in [0.1, 0.15) is 0 Å². The monoisotopic (exact) mass is 655 g/mol. The van der Waals surface area contributed by atoms with Gasteiger partial charge in [0.2, 0.25) is 0 Å². The van der Waals surface area contributed by atoms with Crippen LogP contribution in [0, 0.1) is 10.2 Å². The average molecular weight is 657 g/mol. The number of hydrogen-bond donors (Lipinski definition) is 8. The molecule has 0 bridgehead atoms. The Morgan fingerprint density at radius 1 is 0.343 bits per heavy atom. The minimum Gasteiger partial charge on any atom is -2.00 e. The summed E-state index contributed by atoms with van der Waals surface area (Å²) in [5.41, 5.74) is 0. The smallest absolute Gasteiger partial charge is 2.00 e. The van der Waals surface area contributed by atoms with Crippen molar-refractivity contribution < 1.29 is 98.8 Å². The number of nitrogens with one attached hydrogen (secondary N) is 8. The molecule has 0 aliphatic carbocycles. The van der Waals surface area contributed by atoms with Crippen molar-refractivity contribution in [3.05, 3.63) is 0 Å². The fourth-order valence-corrected chi connectivity index (χ4v) is 2.41. The summed E-state index contributed by atoms with van der Waals surface area (Å²) < 4.78 is 34.0. The fourth-order valence-electron chi connectivity index (χ4n) is 2.41. The van der Waals surface area contributed by atoms with E-state index in [9.17, 15) is 0 Å². The maximum atomic E-state index is 8.49. The molecular formula is C16H40Cl3Mn2N8O6-4. The molecule has 0 aromatic carbocycles. The van der Waals surface area contributed by atoms with Gasteiger partial charge < -0.3 is 78.3 Å². The second-order valence-corrected chi connectivity index (χ2v) is 7.13. The predicted molar refractivity (Wildman–Crippen MR) is 104 cm³/mol. The summed E-state index contributed by atoms with van der Waals surface area (Å²) in [6.45, 7) is 17.1. The van der Waals surface area contributed by atoms with E-state index >= 15 is 0 Å². The molecule has 14 nitrogen and oxygen atoms in total. The van der Waals surface area contributed by atoms with Crippen LogP contribution in [0.4, 0.5) is 0 Å². The van der Waals surface area contributed by atoms with Gasteiger partial charge in [-0.1, -0.05) is 0 Å². The van der Waals surface area contributed by atoms with Crippen LogP contribution in [-0.4, -0.2) is 105 Å². The van der Waals surface area contributed by atoms with Crippen molar-refractivity contribution in [1.82, 2.24) is 42.5 Å². The Balaban J connectivity index is -0.0000000659. The molecule has 2 aliphatic rings. The molecule has 0 aromatic rings. The Labute approximate surface area is 245 Å². The van der Waals surface area contributed by atoms with Gasteiger partial charge in [0.1, 0.15) is 0 Å². The molecule has 19 heteroatoms. The van der Waals surface area contributed by atoms with E-state index in [1.165, 1.54) is 0 Å². The molecule has 0 spiro atoms. The van der Waals surface area contributed by atoms with Gasteiger partial charge in [-0.05, 0) is 0 Å². The first-order chi connectivity index (χ1) is 14.0. The van der Waals surface area contributed by atoms with Crippen molar-refractivity contribution in [2.75, 3.05) is 105 Å². The zero-order valence-corrected chi connectivity index (χ0v) is 24.3. The molecule has 2 saturated heterocycles. The fraction of sp³-hybridized carbons (Fsp3) is 1.00. The van der Waals surface area contributed by atoms with E-state index in [0.29, 0.717) is 0 Å². The predicted octanol–water partition coefficient (Wildman–Crippen LogP) is -14.3. The Morgan fingerprint density at radius 3 is 0.457 bits per heavy atom. The van der Waals surface area contributed by atoms with E-state index in [4.69, 9.17) is 18.6 Å². The van der Waals surface area contributed by atoms with Gasteiger partial charge in [0.05, 0.1) is 0 Å². The zero-order chi connectivity index (χ0) is 21.5. The molecule has 219 valence electrons. The SMILES string of the molecule is C1CNCCNCCNCCN1.C1CNCCNCCNCCN1.[Cl-].[Cl-].[Mn+3].[Mn].[O-2].[O-2].[O-][Cl+3]([O-])([O-])[O-]. The third-order valence-electron chi connectivity index (χ3n) is 3.83. The first kappa shape index (κ1) is 52.7. The summed E-state index contributed by atoms with van der Waals surface area (Å²) in [4.78, 5) is 0. The molecule has 0 unspecified atom stereocenters. The number of halogens is 3. The molecule has 2 rings (SSSR count). The molecule has 0 saturated carbocycles. The molecule has 35 heavy (non-hydrogen) atoms. The Hall–Kier alpha value is 1.35. The molecule has 8 N–H and O–H groups in total. The van der Waals surface area contributed by atoms with Gasteiger partial charge in [-0.25, -0.2) is 18.6 Å². The van der Waals surface area contributed by atoms with Crippen molar-refractivity contribution in [2.45, 2.75) is 0 Å². The molecule has 1 radical (unpaired) electrons. The van der Waals surface area contributed by atoms with E-state index in [1.54, 1.807) is 0 Å². The Morgan fingerprint density at radius 2 is 0.400 bits per heavy atom. The summed E-state index contributed by atoms with van der Waals surface area (Å²) in [6.07, 6.45) is 0. The zero-order valence-electron chi connectivity index (χ0n) is 19.7. The van der Waals surface area contributed by atoms with Crippen LogP contribution in [0.25, 0.3) is 0 Å². The first-order valence-electron chi connectivity index (χ1n) is 10.3.